The molecule has 1 amide bonds. The highest BCUT2D eigenvalue weighted by molar-refractivity contribution is 6.04. The smallest absolute Gasteiger partial charge is 0.271 e. The standard InChI is InChI=1S/C14H10FN3O3/c15-10-6-5-8(18(20)21)7-12(10)16-13-9-3-1-2-4-11(9)17-14(13)19/h1-7,13,16H,(H,17,19). The van der Waals surface area contributed by atoms with Crippen molar-refractivity contribution >= 4 is 23.0 Å². The summed E-state index contributed by atoms with van der Waals surface area (Å²) < 4.78 is 13.8. The topological polar surface area (TPSA) is 84.3 Å². The molecule has 1 heterocycles. The van der Waals surface area contributed by atoms with Crippen molar-refractivity contribution in [3.8, 4) is 0 Å². The number of anilines is 2. The summed E-state index contributed by atoms with van der Waals surface area (Å²) in [4.78, 5) is 22.1. The van der Waals surface area contributed by atoms with Crippen molar-refractivity contribution in [2.75, 3.05) is 10.6 Å². The molecule has 3 rings (SSSR count). The zero-order valence-electron chi connectivity index (χ0n) is 10.7. The van der Waals surface area contributed by atoms with E-state index in [9.17, 15) is 19.3 Å². The van der Waals surface area contributed by atoms with Crippen LogP contribution in [-0.2, 0) is 4.79 Å². The number of fused-ring (bicyclic) bond motifs is 1. The first-order valence-electron chi connectivity index (χ1n) is 6.16. The Morgan fingerprint density at radius 3 is 2.76 bits per heavy atom. The summed E-state index contributed by atoms with van der Waals surface area (Å²) in [5.41, 5.74) is 0.992. The van der Waals surface area contributed by atoms with Gasteiger partial charge in [-0.25, -0.2) is 4.39 Å². The molecular weight excluding hydrogens is 277 g/mol. The molecule has 7 heteroatoms. The monoisotopic (exact) mass is 287 g/mol. The number of halogens is 1. The molecule has 0 aromatic heterocycles. The highest BCUT2D eigenvalue weighted by atomic mass is 19.1. The molecule has 0 aliphatic carbocycles. The van der Waals surface area contributed by atoms with Crippen LogP contribution in [0.4, 0.5) is 21.5 Å². The lowest BCUT2D eigenvalue weighted by Gasteiger charge is -2.13. The Labute approximate surface area is 118 Å². The SMILES string of the molecule is O=C1Nc2ccccc2C1Nc1cc([N+](=O)[O-])ccc1F. The van der Waals surface area contributed by atoms with Crippen LogP contribution in [0.5, 0.6) is 0 Å². The Morgan fingerprint density at radius 2 is 2.00 bits per heavy atom. The van der Waals surface area contributed by atoms with Crippen molar-refractivity contribution in [1.82, 2.24) is 0 Å². The Balaban J connectivity index is 1.96. The average molecular weight is 287 g/mol. The van der Waals surface area contributed by atoms with Gasteiger partial charge in [0.2, 0.25) is 0 Å². The number of carbonyl (C=O) groups excluding carboxylic acids is 1. The number of amides is 1. The summed E-state index contributed by atoms with van der Waals surface area (Å²) in [7, 11) is 0. The molecule has 0 saturated heterocycles. The molecule has 0 saturated carbocycles. The second kappa shape index (κ2) is 4.86. The quantitative estimate of drug-likeness (QED) is 0.671. The molecule has 106 valence electrons. The number of nitro benzene ring substituents is 1. The molecule has 2 aromatic rings. The van der Waals surface area contributed by atoms with Crippen LogP contribution in [-0.4, -0.2) is 10.8 Å². The molecule has 1 aliphatic heterocycles. The van der Waals surface area contributed by atoms with Crippen molar-refractivity contribution in [2.45, 2.75) is 6.04 Å². The molecule has 0 fully saturated rings. The van der Waals surface area contributed by atoms with E-state index in [-0.39, 0.29) is 17.3 Å². The van der Waals surface area contributed by atoms with Crippen LogP contribution in [0.3, 0.4) is 0 Å². The van der Waals surface area contributed by atoms with Crippen LogP contribution in [0.2, 0.25) is 0 Å². The second-order valence-electron chi connectivity index (χ2n) is 4.58. The summed E-state index contributed by atoms with van der Waals surface area (Å²) >= 11 is 0. The van der Waals surface area contributed by atoms with E-state index in [2.05, 4.69) is 10.6 Å². The number of non-ortho nitro benzene ring substituents is 1. The summed E-state index contributed by atoms with van der Waals surface area (Å²) in [5.74, 6) is -0.986. The predicted molar refractivity (Wildman–Crippen MR) is 74.5 cm³/mol. The zero-order chi connectivity index (χ0) is 15.0. The summed E-state index contributed by atoms with van der Waals surface area (Å²) in [5, 5.41) is 16.1. The van der Waals surface area contributed by atoms with E-state index in [1.165, 1.54) is 0 Å². The van der Waals surface area contributed by atoms with Gasteiger partial charge in [0.05, 0.1) is 10.6 Å². The van der Waals surface area contributed by atoms with Crippen LogP contribution in [0, 0.1) is 15.9 Å². The van der Waals surface area contributed by atoms with Gasteiger partial charge in [0, 0.05) is 23.4 Å². The fourth-order valence-corrected chi connectivity index (χ4v) is 2.24. The Kier molecular flexibility index (Phi) is 3.02. The van der Waals surface area contributed by atoms with Crippen LogP contribution in [0.1, 0.15) is 11.6 Å². The van der Waals surface area contributed by atoms with Crippen molar-refractivity contribution in [3.63, 3.8) is 0 Å². The van der Waals surface area contributed by atoms with E-state index in [4.69, 9.17) is 0 Å². The number of carbonyl (C=O) groups is 1. The van der Waals surface area contributed by atoms with E-state index in [0.717, 1.165) is 18.2 Å². The molecule has 2 aromatic carbocycles. The van der Waals surface area contributed by atoms with Gasteiger partial charge in [-0.15, -0.1) is 0 Å². The lowest BCUT2D eigenvalue weighted by molar-refractivity contribution is -0.384. The molecule has 21 heavy (non-hydrogen) atoms. The number of hydrogen-bond acceptors (Lipinski definition) is 4. The van der Waals surface area contributed by atoms with Gasteiger partial charge >= 0.3 is 0 Å². The molecule has 2 N–H and O–H groups in total. The summed E-state index contributed by atoms with van der Waals surface area (Å²) in [6, 6.07) is 9.37. The summed E-state index contributed by atoms with van der Waals surface area (Å²) in [6.45, 7) is 0. The molecule has 1 unspecified atom stereocenters. The van der Waals surface area contributed by atoms with Gasteiger partial charge in [0.1, 0.15) is 11.9 Å². The maximum absolute atomic E-state index is 13.8. The molecule has 0 spiro atoms. The second-order valence-corrected chi connectivity index (χ2v) is 4.58. The highest BCUT2D eigenvalue weighted by Gasteiger charge is 2.30. The third-order valence-corrected chi connectivity index (χ3v) is 3.25. The highest BCUT2D eigenvalue weighted by Crippen LogP contribution is 2.34. The van der Waals surface area contributed by atoms with Gasteiger partial charge in [0.25, 0.3) is 11.6 Å². The number of nitrogens with one attached hydrogen (secondary N) is 2. The van der Waals surface area contributed by atoms with Gasteiger partial charge in [0.15, 0.2) is 0 Å². The van der Waals surface area contributed by atoms with E-state index in [1.54, 1.807) is 24.3 Å². The number of nitro groups is 1. The van der Waals surface area contributed by atoms with Crippen LogP contribution < -0.4 is 10.6 Å². The van der Waals surface area contributed by atoms with Crippen molar-refractivity contribution in [2.24, 2.45) is 0 Å². The number of para-hydroxylation sites is 1. The normalized spacial score (nSPS) is 16.2. The van der Waals surface area contributed by atoms with E-state index < -0.39 is 16.8 Å². The van der Waals surface area contributed by atoms with Gasteiger partial charge in [-0.2, -0.15) is 0 Å². The van der Waals surface area contributed by atoms with Gasteiger partial charge < -0.3 is 10.6 Å². The van der Waals surface area contributed by atoms with Crippen molar-refractivity contribution < 1.29 is 14.1 Å². The summed E-state index contributed by atoms with van der Waals surface area (Å²) in [6.07, 6.45) is 0. The molecule has 0 bridgehead atoms. The first-order valence-corrected chi connectivity index (χ1v) is 6.16. The van der Waals surface area contributed by atoms with E-state index >= 15 is 0 Å². The maximum atomic E-state index is 13.8. The minimum absolute atomic E-state index is 0.0824. The van der Waals surface area contributed by atoms with Gasteiger partial charge in [-0.05, 0) is 12.1 Å². The Hall–Kier alpha value is -2.96. The maximum Gasteiger partial charge on any atom is 0.271 e. The van der Waals surface area contributed by atoms with Gasteiger partial charge in [-0.3, -0.25) is 14.9 Å². The Bertz CT molecular complexity index is 748. The third-order valence-electron chi connectivity index (χ3n) is 3.25. The predicted octanol–water partition coefficient (Wildman–Crippen LogP) is 2.84. The first-order chi connectivity index (χ1) is 10.1. The minimum atomic E-state index is -0.780. The third kappa shape index (κ3) is 2.29. The van der Waals surface area contributed by atoms with Crippen molar-refractivity contribution in [1.29, 1.82) is 0 Å². The lowest BCUT2D eigenvalue weighted by Crippen LogP contribution is -2.20. The van der Waals surface area contributed by atoms with E-state index in [1.807, 2.05) is 0 Å². The molecule has 1 aliphatic rings. The van der Waals surface area contributed by atoms with Gasteiger partial charge in [-0.1, -0.05) is 18.2 Å². The number of benzene rings is 2. The largest absolute Gasteiger partial charge is 0.367 e. The van der Waals surface area contributed by atoms with Crippen molar-refractivity contribution in [3.05, 3.63) is 64.0 Å². The fourth-order valence-electron chi connectivity index (χ4n) is 2.24. The number of nitrogens with zero attached hydrogens (tertiary/aromatic N) is 1. The van der Waals surface area contributed by atoms with E-state index in [0.29, 0.717) is 11.3 Å². The lowest BCUT2D eigenvalue weighted by atomic mass is 10.1. The fraction of sp³-hybridized carbons (Fsp3) is 0.0714. The van der Waals surface area contributed by atoms with Crippen LogP contribution in [0.15, 0.2) is 42.5 Å². The minimum Gasteiger partial charge on any atom is -0.367 e. The van der Waals surface area contributed by atoms with Crippen LogP contribution >= 0.6 is 0 Å². The number of rotatable bonds is 3. The number of hydrogen-bond donors (Lipinski definition) is 2. The Morgan fingerprint density at radius 1 is 1.24 bits per heavy atom. The molecular formula is C14H10FN3O3. The molecule has 0 radical (unpaired) electrons. The zero-order valence-corrected chi connectivity index (χ0v) is 10.7. The average Bonchev–Trinajstić information content (AvgIpc) is 2.77. The molecule has 6 nitrogen and oxygen atoms in total. The first kappa shape index (κ1) is 13.0. The molecule has 1 atom stereocenters. The van der Waals surface area contributed by atoms with Crippen LogP contribution in [0.25, 0.3) is 0 Å².